The molecule has 3 rings (SSSR count). The van der Waals surface area contributed by atoms with Crippen molar-refractivity contribution in [2.24, 2.45) is 13.0 Å². The number of hydrogen-bond donors (Lipinski definition) is 1. The van der Waals surface area contributed by atoms with Gasteiger partial charge in [0.05, 0.1) is 28.4 Å². The number of rotatable bonds is 5. The predicted octanol–water partition coefficient (Wildman–Crippen LogP) is 2.15. The number of likely N-dealkylation sites (tertiary alicyclic amines) is 1. The summed E-state index contributed by atoms with van der Waals surface area (Å²) in [5, 5.41) is 18.1. The number of nitrogens with one attached hydrogen (secondary N) is 1. The molecule has 0 aliphatic carbocycles. The largest absolute Gasteiger partial charge is 0.352 e. The quantitative estimate of drug-likeness (QED) is 0.591. The van der Waals surface area contributed by atoms with Crippen molar-refractivity contribution in [1.82, 2.24) is 25.0 Å². The molecule has 0 spiro atoms. The summed E-state index contributed by atoms with van der Waals surface area (Å²) in [5.74, 6) is -0.587. The van der Waals surface area contributed by atoms with Crippen LogP contribution in [0.4, 0.5) is 5.69 Å². The average Bonchev–Trinajstić information content (AvgIpc) is 3.22. The molecule has 1 aliphatic heterocycles. The highest BCUT2D eigenvalue weighted by atomic mass is 16.6. The van der Waals surface area contributed by atoms with Crippen LogP contribution in [0.15, 0.2) is 24.7 Å². The number of aryl methyl sites for hydroxylation is 2. The molecule has 2 amide bonds. The number of carbonyl (C=O) groups is 2. The molecule has 10 nitrogen and oxygen atoms in total. The highest BCUT2D eigenvalue weighted by molar-refractivity contribution is 5.95. The zero-order chi connectivity index (χ0) is 22.2. The van der Waals surface area contributed by atoms with Gasteiger partial charge < -0.3 is 10.2 Å². The molecule has 0 radical (unpaired) electrons. The van der Waals surface area contributed by atoms with Crippen molar-refractivity contribution >= 4 is 17.5 Å². The van der Waals surface area contributed by atoms with Gasteiger partial charge in [0.2, 0.25) is 5.91 Å². The van der Waals surface area contributed by atoms with Crippen molar-refractivity contribution in [2.45, 2.75) is 45.7 Å². The first-order valence-corrected chi connectivity index (χ1v) is 9.69. The van der Waals surface area contributed by atoms with Crippen molar-refractivity contribution in [3.8, 4) is 0 Å². The number of aromatic nitrogens is 3. The highest BCUT2D eigenvalue weighted by Crippen LogP contribution is 2.42. The Hall–Kier alpha value is -3.30. The number of hydrogen-bond acceptors (Lipinski definition) is 6. The van der Waals surface area contributed by atoms with Crippen LogP contribution < -0.4 is 5.32 Å². The van der Waals surface area contributed by atoms with E-state index in [1.165, 1.54) is 6.07 Å². The normalized spacial score (nSPS) is 19.2. The molecule has 1 aliphatic rings. The summed E-state index contributed by atoms with van der Waals surface area (Å²) in [6.07, 6.45) is 5.04. The molecular weight excluding hydrogens is 388 g/mol. The van der Waals surface area contributed by atoms with Crippen molar-refractivity contribution in [2.75, 3.05) is 6.54 Å². The maximum atomic E-state index is 12.8. The third-order valence-corrected chi connectivity index (χ3v) is 5.27. The van der Waals surface area contributed by atoms with Crippen molar-refractivity contribution in [1.29, 1.82) is 0 Å². The molecule has 1 N–H and O–H groups in total. The first-order valence-electron chi connectivity index (χ1n) is 9.69. The smallest absolute Gasteiger partial charge is 0.288 e. The van der Waals surface area contributed by atoms with Crippen LogP contribution >= 0.6 is 0 Å². The van der Waals surface area contributed by atoms with Crippen LogP contribution in [0.2, 0.25) is 0 Å². The van der Waals surface area contributed by atoms with Gasteiger partial charge >= 0.3 is 0 Å². The van der Waals surface area contributed by atoms with Crippen LogP contribution in [0.5, 0.6) is 0 Å². The second-order valence-electron chi connectivity index (χ2n) is 8.58. The first-order chi connectivity index (χ1) is 14.0. The Balaban J connectivity index is 1.83. The molecule has 0 unspecified atom stereocenters. The molecule has 0 aromatic carbocycles. The minimum atomic E-state index is -0.585. The molecule has 2 aromatic rings. The number of pyridine rings is 1. The van der Waals surface area contributed by atoms with Gasteiger partial charge in [-0.3, -0.25) is 29.4 Å². The van der Waals surface area contributed by atoms with Gasteiger partial charge in [-0.05, 0) is 27.7 Å². The minimum Gasteiger partial charge on any atom is -0.352 e. The van der Waals surface area contributed by atoms with Crippen LogP contribution in [-0.4, -0.2) is 48.5 Å². The predicted molar refractivity (Wildman–Crippen MR) is 109 cm³/mol. The summed E-state index contributed by atoms with van der Waals surface area (Å²) in [4.78, 5) is 41.7. The summed E-state index contributed by atoms with van der Waals surface area (Å²) in [5.41, 5.74) is 0.830. The van der Waals surface area contributed by atoms with Crippen molar-refractivity contribution < 1.29 is 14.5 Å². The van der Waals surface area contributed by atoms with Gasteiger partial charge in [0.15, 0.2) is 0 Å². The van der Waals surface area contributed by atoms with Crippen molar-refractivity contribution in [3.63, 3.8) is 0 Å². The lowest BCUT2D eigenvalue weighted by atomic mass is 9.93. The van der Waals surface area contributed by atoms with Gasteiger partial charge in [0.25, 0.3) is 11.6 Å². The fourth-order valence-electron chi connectivity index (χ4n) is 3.96. The minimum absolute atomic E-state index is 0.0174. The fourth-order valence-corrected chi connectivity index (χ4v) is 3.96. The third-order valence-electron chi connectivity index (χ3n) is 5.27. The Labute approximate surface area is 174 Å². The lowest BCUT2D eigenvalue weighted by Gasteiger charge is -2.38. The molecule has 160 valence electrons. The van der Waals surface area contributed by atoms with E-state index in [1.54, 1.807) is 17.8 Å². The summed E-state index contributed by atoms with van der Waals surface area (Å²) in [6.45, 7) is 7.81. The van der Waals surface area contributed by atoms with Crippen LogP contribution in [0.1, 0.15) is 54.8 Å². The van der Waals surface area contributed by atoms with Crippen molar-refractivity contribution in [3.05, 3.63) is 51.6 Å². The monoisotopic (exact) mass is 414 g/mol. The fraction of sp³-hybridized carbons (Fsp3) is 0.500. The van der Waals surface area contributed by atoms with Crippen LogP contribution in [0.3, 0.4) is 0 Å². The van der Waals surface area contributed by atoms with Gasteiger partial charge in [-0.1, -0.05) is 0 Å². The van der Waals surface area contributed by atoms with E-state index in [4.69, 9.17) is 0 Å². The maximum Gasteiger partial charge on any atom is 0.288 e. The molecule has 1 fully saturated rings. The summed E-state index contributed by atoms with van der Waals surface area (Å²) in [6, 6.07) is 0.994. The van der Waals surface area contributed by atoms with Gasteiger partial charge in [0.1, 0.15) is 6.20 Å². The Bertz CT molecular complexity index is 993. The van der Waals surface area contributed by atoms with Crippen LogP contribution in [0, 0.1) is 23.0 Å². The third kappa shape index (κ3) is 4.17. The van der Waals surface area contributed by atoms with E-state index in [1.807, 2.05) is 38.9 Å². The summed E-state index contributed by atoms with van der Waals surface area (Å²) >= 11 is 0. The summed E-state index contributed by atoms with van der Waals surface area (Å²) < 4.78 is 1.69. The van der Waals surface area contributed by atoms with Gasteiger partial charge in [0, 0.05) is 49.3 Å². The van der Waals surface area contributed by atoms with Gasteiger partial charge in [-0.2, -0.15) is 5.10 Å². The zero-order valence-corrected chi connectivity index (χ0v) is 17.7. The molecular formula is C20H26N6O4. The van der Waals surface area contributed by atoms with E-state index < -0.39 is 16.4 Å². The standard InChI is InChI=1S/C20H26N6O4/c1-12-16(7-15(10-21-12)26(29)30)19(28)22-8-13-6-17(27)25(20(2,3)4)18(13)14-9-23-24(5)11-14/h7,9-11,13,18H,6,8H2,1-5H3,(H,22,28)/t13-,18+/m0/s1. The molecule has 1 saturated heterocycles. The molecule has 0 bridgehead atoms. The molecule has 2 aromatic heterocycles. The van der Waals surface area contributed by atoms with Gasteiger partial charge in [-0.15, -0.1) is 0 Å². The number of carbonyl (C=O) groups excluding carboxylic acids is 2. The van der Waals surface area contributed by atoms with Gasteiger partial charge in [-0.25, -0.2) is 0 Å². The molecule has 3 heterocycles. The average molecular weight is 414 g/mol. The van der Waals surface area contributed by atoms with E-state index in [0.717, 1.165) is 11.8 Å². The zero-order valence-electron chi connectivity index (χ0n) is 17.7. The van der Waals surface area contributed by atoms with E-state index in [9.17, 15) is 19.7 Å². The molecule has 10 heteroatoms. The van der Waals surface area contributed by atoms with E-state index in [2.05, 4.69) is 15.4 Å². The Morgan fingerprint density at radius 3 is 2.63 bits per heavy atom. The van der Waals surface area contributed by atoms with Crippen LogP contribution in [0.25, 0.3) is 0 Å². The number of nitrogens with zero attached hydrogens (tertiary/aromatic N) is 5. The topological polar surface area (TPSA) is 123 Å². The van der Waals surface area contributed by atoms with E-state index >= 15 is 0 Å². The lowest BCUT2D eigenvalue weighted by Crippen LogP contribution is -2.44. The van der Waals surface area contributed by atoms with E-state index in [-0.39, 0.29) is 35.7 Å². The number of amides is 2. The maximum absolute atomic E-state index is 12.8. The van der Waals surface area contributed by atoms with E-state index in [0.29, 0.717) is 12.1 Å². The number of nitro groups is 1. The Kier molecular flexibility index (Phi) is 5.60. The second-order valence-corrected chi connectivity index (χ2v) is 8.58. The SMILES string of the molecule is Cc1ncc([N+](=O)[O-])cc1C(=O)NC[C@@H]1CC(=O)N(C(C)(C)C)[C@H]1c1cnn(C)c1. The Morgan fingerprint density at radius 2 is 2.07 bits per heavy atom. The molecule has 30 heavy (non-hydrogen) atoms. The highest BCUT2D eigenvalue weighted by Gasteiger charge is 2.45. The first kappa shape index (κ1) is 21.4. The van der Waals surface area contributed by atoms with Crippen LogP contribution in [-0.2, 0) is 11.8 Å². The second kappa shape index (κ2) is 7.85. The Morgan fingerprint density at radius 1 is 1.37 bits per heavy atom. The molecule has 2 atom stereocenters. The lowest BCUT2D eigenvalue weighted by molar-refractivity contribution is -0.385. The molecule has 0 saturated carbocycles. The summed E-state index contributed by atoms with van der Waals surface area (Å²) in [7, 11) is 1.82.